The zero-order valence-electron chi connectivity index (χ0n) is 12.5. The molecular weight excluding hydrogens is 256 g/mol. The Bertz CT molecular complexity index is 458. The topological polar surface area (TPSA) is 66.6 Å². The molecule has 2 rings (SSSR count). The predicted molar refractivity (Wildman–Crippen MR) is 75.5 cm³/mol. The minimum absolute atomic E-state index is 0.113. The monoisotopic (exact) mass is 280 g/mol. The van der Waals surface area contributed by atoms with Gasteiger partial charge in [0.1, 0.15) is 0 Å². The van der Waals surface area contributed by atoms with Crippen LogP contribution in [0.3, 0.4) is 0 Å². The molecule has 1 N–H and O–H groups in total. The maximum atomic E-state index is 12.5. The highest BCUT2D eigenvalue weighted by Gasteiger charge is 2.31. The molecule has 0 bridgehead atoms. The van der Waals surface area contributed by atoms with E-state index in [2.05, 4.69) is 19.0 Å². The average Bonchev–Trinajstić information content (AvgIpc) is 2.96. The first-order valence-electron chi connectivity index (χ1n) is 7.45. The molecule has 0 saturated carbocycles. The summed E-state index contributed by atoms with van der Waals surface area (Å²) in [5.41, 5.74) is 0.833. The molecule has 112 valence electrons. The lowest BCUT2D eigenvalue weighted by molar-refractivity contribution is 0.0451. The molecule has 1 aromatic heterocycles. The number of carbonyl (C=O) groups excluding carboxylic acids is 1. The number of hydrogen-bond acceptors (Lipinski definition) is 4. The maximum absolute atomic E-state index is 12.5. The fourth-order valence-corrected chi connectivity index (χ4v) is 2.59. The first-order chi connectivity index (χ1) is 9.56. The van der Waals surface area contributed by atoms with Gasteiger partial charge in [0, 0.05) is 31.2 Å². The summed E-state index contributed by atoms with van der Waals surface area (Å²) < 4.78 is 5.22. The Kier molecular flexibility index (Phi) is 4.81. The highest BCUT2D eigenvalue weighted by atomic mass is 16.5. The van der Waals surface area contributed by atoms with E-state index in [0.29, 0.717) is 18.2 Å². The van der Waals surface area contributed by atoms with Crippen LogP contribution in [0, 0.1) is 5.92 Å². The lowest BCUT2D eigenvalue weighted by atomic mass is 9.94. The number of piperidine rings is 1. The molecule has 2 heterocycles. The summed E-state index contributed by atoms with van der Waals surface area (Å²) in [5, 5.41) is 13.3. The molecule has 0 spiro atoms. The van der Waals surface area contributed by atoms with Crippen molar-refractivity contribution in [3.05, 3.63) is 17.5 Å². The third-order valence-electron chi connectivity index (χ3n) is 4.36. The van der Waals surface area contributed by atoms with E-state index in [1.807, 2.05) is 6.92 Å². The Morgan fingerprint density at radius 2 is 2.35 bits per heavy atom. The van der Waals surface area contributed by atoms with Crippen molar-refractivity contribution in [2.45, 2.75) is 52.0 Å². The highest BCUT2D eigenvalue weighted by Crippen LogP contribution is 2.25. The van der Waals surface area contributed by atoms with Gasteiger partial charge in [-0.2, -0.15) is 0 Å². The maximum Gasteiger partial charge on any atom is 0.292 e. The van der Waals surface area contributed by atoms with Crippen molar-refractivity contribution in [3.63, 3.8) is 0 Å². The van der Waals surface area contributed by atoms with Crippen molar-refractivity contribution >= 4 is 5.91 Å². The summed E-state index contributed by atoms with van der Waals surface area (Å²) >= 11 is 0. The minimum atomic E-state index is -0.113. The Balaban J connectivity index is 2.11. The van der Waals surface area contributed by atoms with Gasteiger partial charge in [0.05, 0.1) is 5.69 Å². The number of aliphatic hydroxyl groups excluding tert-OH is 1. The number of likely N-dealkylation sites (tertiary alicyclic amines) is 1. The van der Waals surface area contributed by atoms with Crippen molar-refractivity contribution in [2.75, 3.05) is 13.2 Å². The fraction of sp³-hybridized carbons (Fsp3) is 0.733. The van der Waals surface area contributed by atoms with E-state index in [9.17, 15) is 9.90 Å². The molecule has 1 saturated heterocycles. The van der Waals surface area contributed by atoms with E-state index in [-0.39, 0.29) is 24.5 Å². The van der Waals surface area contributed by atoms with Crippen molar-refractivity contribution in [2.24, 2.45) is 5.92 Å². The average molecular weight is 280 g/mol. The largest absolute Gasteiger partial charge is 0.396 e. The minimum Gasteiger partial charge on any atom is -0.396 e. The summed E-state index contributed by atoms with van der Waals surface area (Å²) in [7, 11) is 0. The second-order valence-electron chi connectivity index (χ2n) is 5.86. The molecule has 3 unspecified atom stereocenters. The van der Waals surface area contributed by atoms with Gasteiger partial charge < -0.3 is 14.5 Å². The number of carbonyl (C=O) groups is 1. The highest BCUT2D eigenvalue weighted by molar-refractivity contribution is 5.91. The quantitative estimate of drug-likeness (QED) is 0.919. The van der Waals surface area contributed by atoms with Gasteiger partial charge >= 0.3 is 0 Å². The number of aromatic nitrogens is 1. The van der Waals surface area contributed by atoms with Gasteiger partial charge in [0.2, 0.25) is 5.76 Å². The van der Waals surface area contributed by atoms with Gasteiger partial charge in [-0.1, -0.05) is 19.0 Å². The van der Waals surface area contributed by atoms with Crippen LogP contribution < -0.4 is 0 Å². The zero-order valence-corrected chi connectivity index (χ0v) is 12.5. The Morgan fingerprint density at radius 3 is 3.00 bits per heavy atom. The number of nitrogens with zero attached hydrogens (tertiary/aromatic N) is 2. The van der Waals surface area contributed by atoms with E-state index < -0.39 is 0 Å². The van der Waals surface area contributed by atoms with E-state index in [4.69, 9.17) is 4.52 Å². The SMILES string of the molecule is CCC(C)c1cc(C(=O)N2CC(CO)CCC2C)on1. The third kappa shape index (κ3) is 3.03. The van der Waals surface area contributed by atoms with Crippen molar-refractivity contribution in [3.8, 4) is 0 Å². The van der Waals surface area contributed by atoms with Crippen LogP contribution in [0.4, 0.5) is 0 Å². The van der Waals surface area contributed by atoms with Crippen LogP contribution in [-0.2, 0) is 0 Å². The van der Waals surface area contributed by atoms with Crippen molar-refractivity contribution in [1.29, 1.82) is 0 Å². The van der Waals surface area contributed by atoms with Gasteiger partial charge in [-0.25, -0.2) is 0 Å². The van der Waals surface area contributed by atoms with Crippen LogP contribution >= 0.6 is 0 Å². The fourth-order valence-electron chi connectivity index (χ4n) is 2.59. The van der Waals surface area contributed by atoms with Crippen LogP contribution in [0.15, 0.2) is 10.6 Å². The molecule has 0 aromatic carbocycles. The number of aliphatic hydroxyl groups is 1. The molecule has 1 fully saturated rings. The van der Waals surface area contributed by atoms with Crippen LogP contribution in [0.25, 0.3) is 0 Å². The van der Waals surface area contributed by atoms with Gasteiger partial charge in [-0.15, -0.1) is 0 Å². The number of rotatable bonds is 4. The van der Waals surface area contributed by atoms with Crippen molar-refractivity contribution < 1.29 is 14.4 Å². The summed E-state index contributed by atoms with van der Waals surface area (Å²) in [6.45, 7) is 6.91. The lowest BCUT2D eigenvalue weighted by Crippen LogP contribution is -2.46. The Hall–Kier alpha value is -1.36. The normalized spacial score (nSPS) is 24.7. The smallest absolute Gasteiger partial charge is 0.292 e. The first-order valence-corrected chi connectivity index (χ1v) is 7.45. The molecule has 1 aromatic rings. The zero-order chi connectivity index (χ0) is 14.7. The summed E-state index contributed by atoms with van der Waals surface area (Å²) in [5.74, 6) is 0.666. The lowest BCUT2D eigenvalue weighted by Gasteiger charge is -2.36. The molecule has 5 heteroatoms. The van der Waals surface area contributed by atoms with Gasteiger partial charge in [0.15, 0.2) is 0 Å². The molecule has 20 heavy (non-hydrogen) atoms. The van der Waals surface area contributed by atoms with Gasteiger partial charge in [-0.05, 0) is 32.1 Å². The summed E-state index contributed by atoms with van der Waals surface area (Å²) in [6, 6.07) is 1.94. The third-order valence-corrected chi connectivity index (χ3v) is 4.36. The second kappa shape index (κ2) is 6.39. The summed E-state index contributed by atoms with van der Waals surface area (Å²) in [6.07, 6.45) is 2.85. The second-order valence-corrected chi connectivity index (χ2v) is 5.86. The Labute approximate surface area is 119 Å². The van der Waals surface area contributed by atoms with Crippen molar-refractivity contribution in [1.82, 2.24) is 10.1 Å². The van der Waals surface area contributed by atoms with E-state index >= 15 is 0 Å². The first kappa shape index (κ1) is 15.0. The van der Waals surface area contributed by atoms with Crippen LogP contribution in [0.1, 0.15) is 62.2 Å². The number of amides is 1. The molecule has 1 amide bonds. The molecule has 0 aliphatic carbocycles. The van der Waals surface area contributed by atoms with E-state index in [0.717, 1.165) is 25.0 Å². The summed E-state index contributed by atoms with van der Waals surface area (Å²) in [4.78, 5) is 14.3. The number of hydrogen-bond donors (Lipinski definition) is 1. The molecule has 1 aliphatic rings. The molecule has 0 radical (unpaired) electrons. The molecule has 5 nitrogen and oxygen atoms in total. The van der Waals surface area contributed by atoms with Crippen LogP contribution in [0.5, 0.6) is 0 Å². The Morgan fingerprint density at radius 1 is 1.60 bits per heavy atom. The predicted octanol–water partition coefficient (Wildman–Crippen LogP) is 2.42. The molecule has 1 aliphatic heterocycles. The standard InChI is InChI=1S/C15H24N2O3/c1-4-10(2)13-7-14(20-16-13)15(19)17-8-12(9-18)6-5-11(17)3/h7,10-12,18H,4-6,8-9H2,1-3H3. The van der Waals surface area contributed by atoms with Gasteiger partial charge in [-0.3, -0.25) is 4.79 Å². The van der Waals surface area contributed by atoms with Crippen LogP contribution in [0.2, 0.25) is 0 Å². The molecular formula is C15H24N2O3. The molecule has 3 atom stereocenters. The van der Waals surface area contributed by atoms with Gasteiger partial charge in [0.25, 0.3) is 5.91 Å². The van der Waals surface area contributed by atoms with E-state index in [1.54, 1.807) is 11.0 Å². The van der Waals surface area contributed by atoms with E-state index in [1.165, 1.54) is 0 Å². The van der Waals surface area contributed by atoms with Crippen LogP contribution in [-0.4, -0.2) is 40.3 Å².